The van der Waals surface area contributed by atoms with E-state index in [1.54, 1.807) is 36.4 Å². The van der Waals surface area contributed by atoms with E-state index in [9.17, 15) is 18.0 Å². The maximum atomic E-state index is 12.5. The molecule has 0 fully saturated rings. The number of hydrogen-bond acceptors (Lipinski definition) is 6. The average Bonchev–Trinajstić information content (AvgIpc) is 3.26. The molecule has 32 heavy (non-hydrogen) atoms. The molecule has 1 heterocycles. The van der Waals surface area contributed by atoms with Crippen molar-refractivity contribution >= 4 is 28.0 Å². The molecule has 1 aromatic heterocycles. The van der Waals surface area contributed by atoms with E-state index in [1.165, 1.54) is 43.5 Å². The molecule has 0 saturated carbocycles. The zero-order chi connectivity index (χ0) is 23.1. The lowest BCUT2D eigenvalue weighted by Crippen LogP contribution is -2.33. The number of rotatable bonds is 8. The first-order chi connectivity index (χ1) is 15.2. The quantitative estimate of drug-likeness (QED) is 0.399. The highest BCUT2D eigenvalue weighted by Crippen LogP contribution is 2.20. The topological polar surface area (TPSA) is 115 Å². The third-order valence-corrected chi connectivity index (χ3v) is 5.53. The van der Waals surface area contributed by atoms with Gasteiger partial charge in [0.2, 0.25) is 5.91 Å². The first kappa shape index (κ1) is 22.8. The van der Waals surface area contributed by atoms with Gasteiger partial charge in [0.25, 0.3) is 5.91 Å². The van der Waals surface area contributed by atoms with Gasteiger partial charge >= 0.3 is 10.1 Å². The predicted octanol–water partition coefficient (Wildman–Crippen LogP) is 3.15. The van der Waals surface area contributed by atoms with Crippen molar-refractivity contribution in [2.45, 2.75) is 25.3 Å². The summed E-state index contributed by atoms with van der Waals surface area (Å²) in [4.78, 5) is 24.0. The van der Waals surface area contributed by atoms with Gasteiger partial charge in [-0.2, -0.15) is 8.42 Å². The normalized spacial score (nSPS) is 11.6. The van der Waals surface area contributed by atoms with Gasteiger partial charge in [0, 0.05) is 6.92 Å². The third kappa shape index (κ3) is 6.32. The molecule has 166 valence electrons. The molecule has 2 aromatic carbocycles. The fourth-order valence-corrected chi connectivity index (χ4v) is 3.62. The Labute approximate surface area is 186 Å². The van der Waals surface area contributed by atoms with Crippen molar-refractivity contribution in [1.82, 2.24) is 10.6 Å². The van der Waals surface area contributed by atoms with Crippen LogP contribution in [0, 0.1) is 6.92 Å². The van der Waals surface area contributed by atoms with E-state index in [0.717, 1.165) is 5.56 Å². The minimum Gasteiger partial charge on any atom is -0.467 e. The molecule has 0 aliphatic heterocycles. The van der Waals surface area contributed by atoms with E-state index >= 15 is 0 Å². The maximum Gasteiger partial charge on any atom is 0.339 e. The SMILES string of the molecule is CC(=O)N/C(=C/c1ccc(OS(=O)(=O)c2ccc(C)cc2)cc1)C(=O)NCc1ccco1. The predicted molar refractivity (Wildman–Crippen MR) is 118 cm³/mol. The largest absolute Gasteiger partial charge is 0.467 e. The van der Waals surface area contributed by atoms with Crippen LogP contribution in [0.5, 0.6) is 5.75 Å². The Bertz CT molecular complexity index is 1210. The van der Waals surface area contributed by atoms with E-state index in [1.807, 2.05) is 6.92 Å². The van der Waals surface area contributed by atoms with Crippen molar-refractivity contribution in [2.75, 3.05) is 0 Å². The van der Waals surface area contributed by atoms with Crippen LogP contribution in [-0.2, 0) is 26.3 Å². The Morgan fingerprint density at radius 3 is 2.31 bits per heavy atom. The van der Waals surface area contributed by atoms with Gasteiger partial charge in [0.05, 0.1) is 12.8 Å². The Morgan fingerprint density at radius 2 is 1.72 bits per heavy atom. The lowest BCUT2D eigenvalue weighted by Gasteiger charge is -2.10. The molecule has 0 bridgehead atoms. The van der Waals surface area contributed by atoms with Gasteiger partial charge in [0.15, 0.2) is 0 Å². The van der Waals surface area contributed by atoms with Gasteiger partial charge in [-0.25, -0.2) is 0 Å². The monoisotopic (exact) mass is 454 g/mol. The van der Waals surface area contributed by atoms with E-state index in [0.29, 0.717) is 11.3 Å². The van der Waals surface area contributed by atoms with Crippen molar-refractivity contribution in [1.29, 1.82) is 0 Å². The fraction of sp³-hybridized carbons (Fsp3) is 0.130. The van der Waals surface area contributed by atoms with E-state index < -0.39 is 21.9 Å². The fourth-order valence-electron chi connectivity index (χ4n) is 2.69. The second kappa shape index (κ2) is 9.97. The molecule has 0 radical (unpaired) electrons. The summed E-state index contributed by atoms with van der Waals surface area (Å²) in [5.41, 5.74) is 1.52. The number of nitrogens with one attached hydrogen (secondary N) is 2. The number of hydrogen-bond donors (Lipinski definition) is 2. The maximum absolute atomic E-state index is 12.5. The van der Waals surface area contributed by atoms with Crippen molar-refractivity contribution < 1.29 is 26.6 Å². The smallest absolute Gasteiger partial charge is 0.339 e. The summed E-state index contributed by atoms with van der Waals surface area (Å²) < 4.78 is 35.2. The van der Waals surface area contributed by atoms with E-state index in [-0.39, 0.29) is 22.9 Å². The summed E-state index contributed by atoms with van der Waals surface area (Å²) in [5, 5.41) is 5.15. The lowest BCUT2D eigenvalue weighted by molar-refractivity contribution is -0.122. The Morgan fingerprint density at radius 1 is 1.03 bits per heavy atom. The van der Waals surface area contributed by atoms with Crippen LogP contribution in [-0.4, -0.2) is 20.2 Å². The average molecular weight is 455 g/mol. The zero-order valence-electron chi connectivity index (χ0n) is 17.5. The molecule has 0 saturated heterocycles. The van der Waals surface area contributed by atoms with Crippen molar-refractivity contribution in [3.05, 3.63) is 89.5 Å². The summed E-state index contributed by atoms with van der Waals surface area (Å²) in [6.45, 7) is 3.31. The molecule has 3 rings (SSSR count). The van der Waals surface area contributed by atoms with Crippen LogP contribution in [0.15, 0.2) is 81.9 Å². The molecular weight excluding hydrogens is 432 g/mol. The zero-order valence-corrected chi connectivity index (χ0v) is 18.3. The second-order valence-electron chi connectivity index (χ2n) is 6.92. The minimum absolute atomic E-state index is 0.0324. The number of aryl methyl sites for hydroxylation is 1. The number of carbonyl (C=O) groups is 2. The van der Waals surface area contributed by atoms with Gasteiger partial charge in [-0.05, 0) is 55.0 Å². The summed E-state index contributed by atoms with van der Waals surface area (Å²) in [7, 11) is -3.97. The molecule has 0 unspecified atom stereocenters. The number of amides is 2. The number of benzene rings is 2. The van der Waals surface area contributed by atoms with Gasteiger partial charge < -0.3 is 19.2 Å². The first-order valence-corrected chi connectivity index (χ1v) is 11.0. The van der Waals surface area contributed by atoms with Crippen LogP contribution in [0.25, 0.3) is 6.08 Å². The highest BCUT2D eigenvalue weighted by Gasteiger charge is 2.16. The molecule has 2 N–H and O–H groups in total. The van der Waals surface area contributed by atoms with E-state index in [2.05, 4.69) is 10.6 Å². The molecule has 3 aromatic rings. The van der Waals surface area contributed by atoms with Crippen LogP contribution in [0.1, 0.15) is 23.8 Å². The van der Waals surface area contributed by atoms with Gasteiger partial charge in [-0.3, -0.25) is 9.59 Å². The van der Waals surface area contributed by atoms with Gasteiger partial charge in [-0.1, -0.05) is 29.8 Å². The summed E-state index contributed by atoms with van der Waals surface area (Å²) in [5.74, 6) is -0.227. The van der Waals surface area contributed by atoms with Crippen molar-refractivity contribution in [3.63, 3.8) is 0 Å². The molecule has 0 spiro atoms. The lowest BCUT2D eigenvalue weighted by atomic mass is 10.1. The second-order valence-corrected chi connectivity index (χ2v) is 8.47. The standard InChI is InChI=1S/C23H22N2O6S/c1-16-5-11-21(12-6-16)32(28,29)31-19-9-7-18(8-10-19)14-22(25-17(2)26)23(27)24-15-20-4-3-13-30-20/h3-14H,15H2,1-2H3,(H,24,27)(H,25,26)/b22-14+. The molecule has 9 heteroatoms. The summed E-state index contributed by atoms with van der Waals surface area (Å²) >= 11 is 0. The number of carbonyl (C=O) groups excluding carboxylic acids is 2. The van der Waals surface area contributed by atoms with Crippen LogP contribution in [0.3, 0.4) is 0 Å². The highest BCUT2D eigenvalue weighted by molar-refractivity contribution is 7.87. The Balaban J connectivity index is 1.73. The molecule has 8 nitrogen and oxygen atoms in total. The number of furan rings is 1. The third-order valence-electron chi connectivity index (χ3n) is 4.27. The summed E-state index contributed by atoms with van der Waals surface area (Å²) in [6.07, 6.45) is 2.96. The van der Waals surface area contributed by atoms with Crippen LogP contribution < -0.4 is 14.8 Å². The van der Waals surface area contributed by atoms with Crippen LogP contribution in [0.4, 0.5) is 0 Å². The Hall–Kier alpha value is -3.85. The Kier molecular flexibility index (Phi) is 7.11. The minimum atomic E-state index is -3.97. The molecule has 0 aliphatic carbocycles. The molecular formula is C23H22N2O6S. The van der Waals surface area contributed by atoms with Gasteiger partial charge in [-0.15, -0.1) is 0 Å². The first-order valence-electron chi connectivity index (χ1n) is 9.64. The van der Waals surface area contributed by atoms with Gasteiger partial charge in [0.1, 0.15) is 22.1 Å². The molecule has 0 atom stereocenters. The van der Waals surface area contributed by atoms with Crippen LogP contribution in [0.2, 0.25) is 0 Å². The highest BCUT2D eigenvalue weighted by atomic mass is 32.2. The molecule has 2 amide bonds. The van der Waals surface area contributed by atoms with Crippen molar-refractivity contribution in [2.24, 2.45) is 0 Å². The van der Waals surface area contributed by atoms with Crippen LogP contribution >= 0.6 is 0 Å². The summed E-state index contributed by atoms with van der Waals surface area (Å²) in [6, 6.07) is 15.8. The van der Waals surface area contributed by atoms with E-state index in [4.69, 9.17) is 8.60 Å². The van der Waals surface area contributed by atoms with Crippen molar-refractivity contribution in [3.8, 4) is 5.75 Å². The molecule has 0 aliphatic rings.